The highest BCUT2D eigenvalue weighted by atomic mass is 35.5. The maximum Gasteiger partial charge on any atom is 0.224 e. The van der Waals surface area contributed by atoms with Gasteiger partial charge in [0.2, 0.25) is 23.6 Å². The minimum Gasteiger partial charge on any atom is -0.369 e. The number of aryl methyl sites for hydroxylation is 3. The fourth-order valence-electron chi connectivity index (χ4n) is 11.8. The molecule has 8 N–H and O–H groups in total. The van der Waals surface area contributed by atoms with Gasteiger partial charge in [-0.1, -0.05) is 70.7 Å². The van der Waals surface area contributed by atoms with E-state index in [0.29, 0.717) is 108 Å². The molecule has 0 aliphatic heterocycles. The van der Waals surface area contributed by atoms with Gasteiger partial charge >= 0.3 is 0 Å². The molecule has 0 saturated heterocycles. The van der Waals surface area contributed by atoms with Gasteiger partial charge in [0.25, 0.3) is 0 Å². The molecule has 4 unspecified atom stereocenters. The van der Waals surface area contributed by atoms with Crippen molar-refractivity contribution in [1.82, 2.24) is 0 Å². The molecule has 0 fully saturated rings. The van der Waals surface area contributed by atoms with Crippen LogP contribution < -0.4 is 22.9 Å². The second-order valence-electron chi connectivity index (χ2n) is 19.8. The van der Waals surface area contributed by atoms with E-state index in [1.54, 1.807) is 13.0 Å². The molecule has 0 spiro atoms. The monoisotopic (exact) mass is 1020 g/mol. The number of allylic oxidation sites excluding steroid dienone is 4. The Morgan fingerprint density at radius 3 is 1.61 bits per heavy atom. The van der Waals surface area contributed by atoms with Crippen molar-refractivity contribution in [2.24, 2.45) is 46.5 Å². The summed E-state index contributed by atoms with van der Waals surface area (Å²) in [5.41, 5.74) is 39.9. The molecule has 0 aromatic heterocycles. The summed E-state index contributed by atoms with van der Waals surface area (Å²) in [5.74, 6) is -6.74. The number of hydrogen-bond donors (Lipinski definition) is 4. The molecular weight excluding hydrogens is 947 g/mol. The number of halogens is 3. The van der Waals surface area contributed by atoms with Crippen molar-refractivity contribution in [3.05, 3.63) is 159 Å². The predicted octanol–water partition coefficient (Wildman–Crippen LogP) is 12.3. The fourth-order valence-corrected chi connectivity index (χ4v) is 12.3. The summed E-state index contributed by atoms with van der Waals surface area (Å²) in [6.45, 7) is 7.59. The van der Waals surface area contributed by atoms with Crippen molar-refractivity contribution in [3.8, 4) is 0 Å². The lowest BCUT2D eigenvalue weighted by atomic mass is 9.82. The molecule has 4 aromatic rings. The van der Waals surface area contributed by atoms with Crippen LogP contribution in [0.15, 0.2) is 76.8 Å². The zero-order valence-corrected chi connectivity index (χ0v) is 42.9. The number of carbonyl (C=O) groups excluding carboxylic acids is 4. The van der Waals surface area contributed by atoms with E-state index in [0.717, 1.165) is 116 Å². The average Bonchev–Trinajstić information content (AvgIpc) is 4.20. The van der Waals surface area contributed by atoms with Gasteiger partial charge in [-0.2, -0.15) is 0 Å². The summed E-state index contributed by atoms with van der Waals surface area (Å²) in [5, 5.41) is 1.17. The summed E-state index contributed by atoms with van der Waals surface area (Å²) in [6, 6.07) is 11.1. The summed E-state index contributed by atoms with van der Waals surface area (Å²) in [7, 11) is 0. The predicted molar refractivity (Wildman–Crippen MR) is 288 cm³/mol. The number of rotatable bonds is 4. The minimum atomic E-state index is -1.41. The van der Waals surface area contributed by atoms with E-state index in [4.69, 9.17) is 70.1 Å². The third kappa shape index (κ3) is 9.93. The molecule has 4 aromatic carbocycles. The Morgan fingerprint density at radius 1 is 0.521 bits per heavy atom. The molecule has 370 valence electrons. The molecule has 8 aliphatic rings. The van der Waals surface area contributed by atoms with Crippen LogP contribution in [0.2, 0.25) is 15.1 Å². The van der Waals surface area contributed by atoms with Gasteiger partial charge in [0.05, 0.1) is 29.1 Å². The second kappa shape index (κ2) is 20.6. The molecule has 11 heteroatoms. The quantitative estimate of drug-likeness (QED) is 0.159. The highest BCUT2D eigenvalue weighted by Gasteiger charge is 2.37. The van der Waals surface area contributed by atoms with Gasteiger partial charge in [-0.05, 0) is 260 Å². The number of primary amides is 4. The number of fused-ring (bicyclic) bond motifs is 8. The molecule has 0 saturated carbocycles. The van der Waals surface area contributed by atoms with Gasteiger partial charge in [-0.3, -0.25) is 19.2 Å². The van der Waals surface area contributed by atoms with Crippen LogP contribution >= 0.6 is 34.8 Å². The molecule has 8 aliphatic carbocycles. The van der Waals surface area contributed by atoms with E-state index >= 15 is 0 Å². The minimum absolute atomic E-state index is 0.207. The average molecular weight is 1020 g/mol. The summed E-state index contributed by atoms with van der Waals surface area (Å²) in [4.78, 5) is 46.8. The molecule has 4 amide bonds. The van der Waals surface area contributed by atoms with Crippen LogP contribution in [0.5, 0.6) is 0 Å². The highest BCUT2D eigenvalue weighted by molar-refractivity contribution is 6.32. The van der Waals surface area contributed by atoms with Crippen LogP contribution in [0, 0.1) is 51.3 Å². The van der Waals surface area contributed by atoms with E-state index in [-0.39, 0.29) is 17.5 Å². The van der Waals surface area contributed by atoms with Gasteiger partial charge in [0.15, 0.2) is 0 Å². The lowest BCUT2D eigenvalue weighted by Crippen LogP contribution is -2.27. The number of nitrogens with two attached hydrogens (primary N) is 4. The first kappa shape index (κ1) is 40.1. The van der Waals surface area contributed by atoms with Crippen LogP contribution in [0.4, 0.5) is 0 Å². The molecule has 8 nitrogen and oxygen atoms in total. The normalized spacial score (nSPS) is 27.5. The largest absolute Gasteiger partial charge is 0.369 e. The van der Waals surface area contributed by atoms with E-state index in [9.17, 15) is 19.2 Å². The Balaban J connectivity index is 0.000000129. The first-order valence-electron chi connectivity index (χ1n) is 28.9. The highest BCUT2D eigenvalue weighted by Crippen LogP contribution is 2.49. The Bertz CT molecular complexity index is 3580. The van der Waals surface area contributed by atoms with Gasteiger partial charge in [0.1, 0.15) is 0 Å². The van der Waals surface area contributed by atoms with Crippen molar-refractivity contribution < 1.29 is 31.5 Å². The van der Waals surface area contributed by atoms with Crippen molar-refractivity contribution >= 4 is 80.7 Å². The van der Waals surface area contributed by atoms with E-state index < -0.39 is 53.6 Å². The summed E-state index contributed by atoms with van der Waals surface area (Å²) in [6.07, 6.45) is 7.27. The van der Waals surface area contributed by atoms with Gasteiger partial charge in [-0.25, -0.2) is 0 Å². The fraction of sp³-hybridized carbons (Fsp3) is 0.400. The van der Waals surface area contributed by atoms with E-state index in [2.05, 4.69) is 18.2 Å². The van der Waals surface area contributed by atoms with Crippen LogP contribution in [-0.2, 0) is 44.9 Å². The lowest BCUT2D eigenvalue weighted by Gasteiger charge is -2.22. The lowest BCUT2D eigenvalue weighted by molar-refractivity contribution is -0.121. The number of carbonyl (C=O) groups is 4. The SMILES string of the molecule is [2H]C1([2H])CC2=C(Cc3ccc(C)cc32)C(C(N)=O)C1.[2H]c1c(C)c(Cl)c([2H])c2c1CC1=C2CCCC1([2H])C(N)=O.[2H]c1c(Cl)c(C)cc2c1C1=C(C2)C([2H])(C(N)=O)CCC1.[2H]c1c(Cl)cc(C)c2c1C1=C(C2)C([2H])(C(N)=O)CCC1. The maximum atomic E-state index is 11.8. The van der Waals surface area contributed by atoms with Gasteiger partial charge in [-0.15, -0.1) is 0 Å². The molecule has 4 atom stereocenters. The third-order valence-corrected chi connectivity index (χ3v) is 16.2. The van der Waals surface area contributed by atoms with Crippen molar-refractivity contribution in [2.75, 3.05) is 0 Å². The smallest absolute Gasteiger partial charge is 0.224 e. The van der Waals surface area contributed by atoms with Crippen LogP contribution in [0.3, 0.4) is 0 Å². The summed E-state index contributed by atoms with van der Waals surface area (Å²) < 4.78 is 74.3. The molecular formula is C60H65Cl3N4O4. The Kier molecular flexibility index (Phi) is 11.6. The zero-order chi connectivity index (χ0) is 58.6. The van der Waals surface area contributed by atoms with Crippen LogP contribution in [-0.4, -0.2) is 23.6 Å². The molecule has 0 heterocycles. The molecule has 71 heavy (non-hydrogen) atoms. The van der Waals surface area contributed by atoms with E-state index in [1.807, 2.05) is 26.8 Å². The third-order valence-electron chi connectivity index (χ3n) is 15.3. The summed E-state index contributed by atoms with van der Waals surface area (Å²) >= 11 is 18.5. The van der Waals surface area contributed by atoms with Gasteiger partial charge in [0, 0.05) is 21.9 Å². The maximum absolute atomic E-state index is 11.8. The second-order valence-corrected chi connectivity index (χ2v) is 20.9. The topological polar surface area (TPSA) is 172 Å². The molecule has 0 radical (unpaired) electrons. The van der Waals surface area contributed by atoms with E-state index in [1.165, 1.54) is 5.56 Å². The van der Waals surface area contributed by atoms with Gasteiger partial charge < -0.3 is 22.9 Å². The van der Waals surface area contributed by atoms with Crippen LogP contribution in [0.25, 0.3) is 22.3 Å². The number of hydrogen-bond acceptors (Lipinski definition) is 4. The standard InChI is InChI=1S/3C15H16ClNO.C15H17NO/c2*1-8-5-9-6-13-10(12(9)7-14(8)16)3-2-4-11(13)15(17)18;1-8-5-9(16)6-13-10-3-2-4-11(15(17)18)14(10)7-12(8)13;1-9-5-6-10-8-14-11(13(10)7-9)3-2-4-12(14)15(16)17/h2*5,7,11H,2-4,6H2,1H3,(H2,17,18);5-6,11H,2-4,7H2,1H3,(H2,17,18);5-7,12H,2-4,8H2,1H3,(H2,16,17)/i5D,7D,11D;7D,11D;6D,11D;2D2. The zero-order valence-electron chi connectivity index (χ0n) is 49.6. The van der Waals surface area contributed by atoms with Crippen LogP contribution in [0.1, 0.15) is 156 Å². The first-order valence-corrected chi connectivity index (χ1v) is 25.6. The van der Waals surface area contributed by atoms with Crippen molar-refractivity contribution in [3.63, 3.8) is 0 Å². The molecule has 0 bridgehead atoms. The molecule has 12 rings (SSSR count). The number of amides is 4. The van der Waals surface area contributed by atoms with Crippen molar-refractivity contribution in [2.45, 2.75) is 130 Å². The Labute approximate surface area is 446 Å². The Morgan fingerprint density at radius 2 is 1.03 bits per heavy atom. The Hall–Kier alpha value is -5.41. The van der Waals surface area contributed by atoms with Crippen molar-refractivity contribution in [1.29, 1.82) is 0 Å². The first-order chi connectivity index (χ1) is 37.4. The number of benzene rings is 4.